The van der Waals surface area contributed by atoms with Crippen molar-refractivity contribution in [3.05, 3.63) is 12.7 Å². The van der Waals surface area contributed by atoms with Gasteiger partial charge in [0.25, 0.3) is 0 Å². The van der Waals surface area contributed by atoms with Gasteiger partial charge in [0.15, 0.2) is 0 Å². The molecule has 1 atom stereocenters. The molecular formula is C10H15NO3. The molecule has 4 nitrogen and oxygen atoms in total. The summed E-state index contributed by atoms with van der Waals surface area (Å²) in [4.78, 5) is 24.3. The number of likely N-dealkylation sites (tertiary alicyclic amines) is 1. The number of amides is 1. The monoisotopic (exact) mass is 197 g/mol. The molecule has 1 amide bonds. The Morgan fingerprint density at radius 1 is 1.50 bits per heavy atom. The molecule has 0 aromatic rings. The molecule has 0 N–H and O–H groups in total. The van der Waals surface area contributed by atoms with Crippen LogP contribution in [-0.4, -0.2) is 36.5 Å². The molecule has 0 radical (unpaired) electrons. The van der Waals surface area contributed by atoms with Crippen LogP contribution in [0.3, 0.4) is 0 Å². The molecule has 1 rings (SSSR count). The first-order chi connectivity index (χ1) is 6.70. The third kappa shape index (κ3) is 2.13. The fourth-order valence-corrected chi connectivity index (χ4v) is 1.69. The Labute approximate surface area is 83.5 Å². The minimum Gasteiger partial charge on any atom is -0.467 e. The van der Waals surface area contributed by atoms with Crippen molar-refractivity contribution < 1.29 is 14.3 Å². The topological polar surface area (TPSA) is 46.6 Å². The van der Waals surface area contributed by atoms with E-state index >= 15 is 0 Å². The van der Waals surface area contributed by atoms with E-state index in [1.807, 2.05) is 0 Å². The Morgan fingerprint density at radius 3 is 2.79 bits per heavy atom. The summed E-state index contributed by atoms with van der Waals surface area (Å²) in [5, 5.41) is 0. The van der Waals surface area contributed by atoms with Crippen LogP contribution >= 0.6 is 0 Å². The van der Waals surface area contributed by atoms with E-state index in [1.165, 1.54) is 18.1 Å². The average Bonchev–Trinajstić information content (AvgIpc) is 2.27. The van der Waals surface area contributed by atoms with Gasteiger partial charge in [-0.2, -0.15) is 0 Å². The lowest BCUT2D eigenvalue weighted by Crippen LogP contribution is -2.47. The maximum Gasteiger partial charge on any atom is 0.328 e. The molecule has 14 heavy (non-hydrogen) atoms. The predicted molar refractivity (Wildman–Crippen MR) is 51.6 cm³/mol. The van der Waals surface area contributed by atoms with Gasteiger partial charge in [-0.15, -0.1) is 0 Å². The van der Waals surface area contributed by atoms with Crippen LogP contribution in [0.1, 0.15) is 19.3 Å². The van der Waals surface area contributed by atoms with E-state index in [0.717, 1.165) is 12.8 Å². The van der Waals surface area contributed by atoms with Gasteiger partial charge in [-0.25, -0.2) is 4.79 Å². The summed E-state index contributed by atoms with van der Waals surface area (Å²) in [6.45, 7) is 4.03. The van der Waals surface area contributed by atoms with Gasteiger partial charge >= 0.3 is 5.97 Å². The van der Waals surface area contributed by atoms with Crippen molar-refractivity contribution in [3.63, 3.8) is 0 Å². The van der Waals surface area contributed by atoms with Gasteiger partial charge in [0.05, 0.1) is 7.11 Å². The van der Waals surface area contributed by atoms with Gasteiger partial charge in [-0.3, -0.25) is 4.79 Å². The van der Waals surface area contributed by atoms with Crippen LogP contribution in [-0.2, 0) is 14.3 Å². The van der Waals surface area contributed by atoms with E-state index in [4.69, 9.17) is 0 Å². The second kappa shape index (κ2) is 4.79. The molecule has 0 aromatic heterocycles. The maximum atomic E-state index is 11.4. The molecule has 1 saturated heterocycles. The van der Waals surface area contributed by atoms with Crippen molar-refractivity contribution in [2.45, 2.75) is 25.3 Å². The Balaban J connectivity index is 2.73. The lowest BCUT2D eigenvalue weighted by Gasteiger charge is -2.32. The minimum atomic E-state index is -0.417. The van der Waals surface area contributed by atoms with Gasteiger partial charge < -0.3 is 9.64 Å². The molecule has 1 aliphatic rings. The first-order valence-electron chi connectivity index (χ1n) is 4.71. The third-order valence-corrected chi connectivity index (χ3v) is 2.43. The summed E-state index contributed by atoms with van der Waals surface area (Å²) in [6, 6.07) is -0.417. The number of nitrogens with zero attached hydrogens (tertiary/aromatic N) is 1. The van der Waals surface area contributed by atoms with Crippen molar-refractivity contribution in [3.8, 4) is 0 Å². The molecular weight excluding hydrogens is 182 g/mol. The summed E-state index contributed by atoms with van der Waals surface area (Å²) in [5.41, 5.74) is 0. The van der Waals surface area contributed by atoms with Crippen molar-refractivity contribution in [1.82, 2.24) is 4.90 Å². The van der Waals surface area contributed by atoms with Crippen LogP contribution in [0.5, 0.6) is 0 Å². The Kier molecular flexibility index (Phi) is 3.68. The number of rotatable bonds is 2. The van der Waals surface area contributed by atoms with E-state index in [0.29, 0.717) is 13.0 Å². The SMILES string of the molecule is C=CC(=O)N1CCCCC1C(=O)OC. The summed E-state index contributed by atoms with van der Waals surface area (Å²) >= 11 is 0. The van der Waals surface area contributed by atoms with Gasteiger partial charge in [-0.05, 0) is 25.3 Å². The van der Waals surface area contributed by atoms with Gasteiger partial charge in [0.1, 0.15) is 6.04 Å². The second-order valence-electron chi connectivity index (χ2n) is 3.27. The zero-order chi connectivity index (χ0) is 10.6. The molecule has 1 aliphatic heterocycles. The van der Waals surface area contributed by atoms with Gasteiger partial charge in [0, 0.05) is 6.54 Å². The number of carbonyl (C=O) groups excluding carboxylic acids is 2. The van der Waals surface area contributed by atoms with Crippen molar-refractivity contribution >= 4 is 11.9 Å². The molecule has 0 aromatic carbocycles. The molecule has 4 heteroatoms. The zero-order valence-electron chi connectivity index (χ0n) is 8.36. The van der Waals surface area contributed by atoms with Crippen molar-refractivity contribution in [1.29, 1.82) is 0 Å². The van der Waals surface area contributed by atoms with Gasteiger partial charge in [0.2, 0.25) is 5.91 Å². The van der Waals surface area contributed by atoms with E-state index in [1.54, 1.807) is 0 Å². The lowest BCUT2D eigenvalue weighted by atomic mass is 10.0. The minimum absolute atomic E-state index is 0.194. The maximum absolute atomic E-state index is 11.4. The van der Waals surface area contributed by atoms with E-state index in [9.17, 15) is 9.59 Å². The Hall–Kier alpha value is -1.32. The molecule has 78 valence electrons. The van der Waals surface area contributed by atoms with Crippen LogP contribution in [0.4, 0.5) is 0 Å². The van der Waals surface area contributed by atoms with Crippen molar-refractivity contribution in [2.24, 2.45) is 0 Å². The summed E-state index contributed by atoms with van der Waals surface area (Å²) in [5.74, 6) is -0.528. The normalized spacial score (nSPS) is 21.5. The second-order valence-corrected chi connectivity index (χ2v) is 3.27. The van der Waals surface area contributed by atoms with Crippen LogP contribution < -0.4 is 0 Å². The van der Waals surface area contributed by atoms with Crippen LogP contribution in [0.2, 0.25) is 0 Å². The van der Waals surface area contributed by atoms with E-state index in [2.05, 4.69) is 11.3 Å². The quantitative estimate of drug-likeness (QED) is 0.484. The third-order valence-electron chi connectivity index (χ3n) is 2.43. The molecule has 0 aliphatic carbocycles. The fraction of sp³-hybridized carbons (Fsp3) is 0.600. The highest BCUT2D eigenvalue weighted by Gasteiger charge is 2.31. The van der Waals surface area contributed by atoms with Crippen LogP contribution in [0, 0.1) is 0 Å². The number of hydrogen-bond acceptors (Lipinski definition) is 3. The number of esters is 1. The average molecular weight is 197 g/mol. The van der Waals surface area contributed by atoms with E-state index in [-0.39, 0.29) is 11.9 Å². The largest absolute Gasteiger partial charge is 0.467 e. The van der Waals surface area contributed by atoms with Crippen molar-refractivity contribution in [2.75, 3.05) is 13.7 Å². The molecule has 1 fully saturated rings. The smallest absolute Gasteiger partial charge is 0.328 e. The highest BCUT2D eigenvalue weighted by Crippen LogP contribution is 2.18. The standard InChI is InChI=1S/C10H15NO3/c1-3-9(12)11-7-5-4-6-8(11)10(13)14-2/h3,8H,1,4-7H2,2H3. The highest BCUT2D eigenvalue weighted by molar-refractivity contribution is 5.91. The zero-order valence-corrected chi connectivity index (χ0v) is 8.36. The Morgan fingerprint density at radius 2 is 2.21 bits per heavy atom. The first kappa shape index (κ1) is 10.8. The molecule has 1 heterocycles. The molecule has 0 spiro atoms. The molecule has 0 saturated carbocycles. The lowest BCUT2D eigenvalue weighted by molar-refractivity contribution is -0.153. The fourth-order valence-electron chi connectivity index (χ4n) is 1.69. The van der Waals surface area contributed by atoms with Crippen LogP contribution in [0.15, 0.2) is 12.7 Å². The predicted octanol–water partition coefficient (Wildman–Crippen LogP) is 0.726. The first-order valence-corrected chi connectivity index (χ1v) is 4.71. The molecule has 1 unspecified atom stereocenters. The summed E-state index contributed by atoms with van der Waals surface area (Å²) in [7, 11) is 1.34. The summed E-state index contributed by atoms with van der Waals surface area (Å²) < 4.78 is 4.65. The highest BCUT2D eigenvalue weighted by atomic mass is 16.5. The molecule has 0 bridgehead atoms. The number of carbonyl (C=O) groups is 2. The number of piperidine rings is 1. The van der Waals surface area contributed by atoms with Crippen LogP contribution in [0.25, 0.3) is 0 Å². The summed E-state index contributed by atoms with van der Waals surface area (Å²) in [6.07, 6.45) is 3.82. The number of hydrogen-bond donors (Lipinski definition) is 0. The Bertz CT molecular complexity index is 250. The number of ether oxygens (including phenoxy) is 1. The van der Waals surface area contributed by atoms with Gasteiger partial charge in [-0.1, -0.05) is 6.58 Å². The van der Waals surface area contributed by atoms with E-state index < -0.39 is 6.04 Å². The number of methoxy groups -OCH3 is 1.